The summed E-state index contributed by atoms with van der Waals surface area (Å²) in [5.41, 5.74) is 7.94. The lowest BCUT2D eigenvalue weighted by Crippen LogP contribution is -2.39. The van der Waals surface area contributed by atoms with Crippen LogP contribution in [-0.2, 0) is 6.54 Å². The molecule has 4 nitrogen and oxygen atoms in total. The van der Waals surface area contributed by atoms with E-state index in [2.05, 4.69) is 55.3 Å². The quantitative estimate of drug-likeness (QED) is 0.668. The maximum Gasteiger partial charge on any atom is 0.137 e. The summed E-state index contributed by atoms with van der Waals surface area (Å²) in [6, 6.07) is 8.38. The van der Waals surface area contributed by atoms with Gasteiger partial charge in [0.25, 0.3) is 0 Å². The van der Waals surface area contributed by atoms with Gasteiger partial charge in [0.15, 0.2) is 0 Å². The topological polar surface area (TPSA) is 44.9 Å². The number of hydrogen-bond acceptors (Lipinski definition) is 4. The summed E-state index contributed by atoms with van der Waals surface area (Å²) >= 11 is 2.37. The first-order chi connectivity index (χ1) is 8.78. The van der Waals surface area contributed by atoms with E-state index in [0.29, 0.717) is 12.5 Å². The van der Waals surface area contributed by atoms with E-state index in [1.807, 2.05) is 0 Å². The van der Waals surface area contributed by atoms with Crippen LogP contribution in [0.3, 0.4) is 0 Å². The molecule has 1 heterocycles. The zero-order chi connectivity index (χ0) is 12.5. The zero-order valence-electron chi connectivity index (χ0n) is 10.2. The van der Waals surface area contributed by atoms with E-state index in [1.54, 1.807) is 0 Å². The number of nitrogens with two attached hydrogens (primary N) is 1. The SMILES string of the molecule is NCc1ccc(N2CCN(I)C(C3CC3)=N2)cc1. The van der Waals surface area contributed by atoms with Crippen LogP contribution in [0.4, 0.5) is 5.69 Å². The number of hydrazone groups is 1. The molecule has 0 saturated heterocycles. The summed E-state index contributed by atoms with van der Waals surface area (Å²) in [6.45, 7) is 2.58. The predicted molar refractivity (Wildman–Crippen MR) is 82.6 cm³/mol. The van der Waals surface area contributed by atoms with Crippen molar-refractivity contribution < 1.29 is 0 Å². The number of benzene rings is 1. The molecule has 0 aromatic heterocycles. The Bertz CT molecular complexity index is 453. The fourth-order valence-electron chi connectivity index (χ4n) is 2.13. The Labute approximate surface area is 121 Å². The lowest BCUT2D eigenvalue weighted by molar-refractivity contribution is 0.615. The van der Waals surface area contributed by atoms with Crippen molar-refractivity contribution in [1.29, 1.82) is 0 Å². The van der Waals surface area contributed by atoms with E-state index < -0.39 is 0 Å². The largest absolute Gasteiger partial charge is 0.326 e. The maximum absolute atomic E-state index is 5.62. The van der Waals surface area contributed by atoms with E-state index >= 15 is 0 Å². The van der Waals surface area contributed by atoms with Crippen LogP contribution in [0.5, 0.6) is 0 Å². The van der Waals surface area contributed by atoms with Crippen LogP contribution < -0.4 is 10.7 Å². The molecule has 18 heavy (non-hydrogen) atoms. The van der Waals surface area contributed by atoms with Gasteiger partial charge in [0, 0.05) is 19.0 Å². The van der Waals surface area contributed by atoms with E-state index in [9.17, 15) is 0 Å². The molecule has 3 rings (SSSR count). The average Bonchev–Trinajstić information content (AvgIpc) is 3.24. The third-order valence-electron chi connectivity index (χ3n) is 3.39. The molecule has 0 atom stereocenters. The molecule has 1 aliphatic carbocycles. The number of halogens is 1. The van der Waals surface area contributed by atoms with Gasteiger partial charge < -0.3 is 5.73 Å². The van der Waals surface area contributed by atoms with Crippen molar-refractivity contribution in [1.82, 2.24) is 3.11 Å². The first kappa shape index (κ1) is 12.2. The van der Waals surface area contributed by atoms with Gasteiger partial charge in [0.2, 0.25) is 0 Å². The highest BCUT2D eigenvalue weighted by Crippen LogP contribution is 2.35. The first-order valence-corrected chi connectivity index (χ1v) is 7.33. The van der Waals surface area contributed by atoms with Gasteiger partial charge in [-0.15, -0.1) is 0 Å². The lowest BCUT2D eigenvalue weighted by Gasteiger charge is -2.31. The standard InChI is InChI=1S/C13H17IN4/c14-17-7-8-18(16-13(17)11-3-4-11)12-5-1-10(9-15)2-6-12/h1-2,5-6,11H,3-4,7-9,15H2. The van der Waals surface area contributed by atoms with E-state index in [1.165, 1.54) is 18.7 Å². The molecule has 0 unspecified atom stereocenters. The van der Waals surface area contributed by atoms with Gasteiger partial charge in [-0.05, 0) is 30.5 Å². The van der Waals surface area contributed by atoms with E-state index in [-0.39, 0.29) is 0 Å². The van der Waals surface area contributed by atoms with Crippen molar-refractivity contribution in [3.8, 4) is 0 Å². The van der Waals surface area contributed by atoms with Gasteiger partial charge in [0.05, 0.1) is 35.1 Å². The molecular formula is C13H17IN4. The second-order valence-corrected chi connectivity index (χ2v) is 5.98. The Hall–Kier alpha value is -0.820. The summed E-state index contributed by atoms with van der Waals surface area (Å²) in [5, 5.41) is 6.90. The van der Waals surface area contributed by atoms with Crippen LogP contribution >= 0.6 is 22.9 Å². The minimum absolute atomic E-state index is 0.596. The molecule has 0 bridgehead atoms. The third kappa shape index (κ3) is 2.47. The minimum atomic E-state index is 0.596. The molecule has 1 fully saturated rings. The molecule has 96 valence electrons. The fraction of sp³-hybridized carbons (Fsp3) is 0.462. The van der Waals surface area contributed by atoms with Gasteiger partial charge in [-0.2, -0.15) is 5.10 Å². The van der Waals surface area contributed by atoms with Gasteiger partial charge in [-0.25, -0.2) is 0 Å². The Morgan fingerprint density at radius 3 is 2.56 bits per heavy atom. The van der Waals surface area contributed by atoms with Crippen LogP contribution in [0.25, 0.3) is 0 Å². The summed E-state index contributed by atoms with van der Waals surface area (Å²) in [7, 11) is 0. The highest BCUT2D eigenvalue weighted by Gasteiger charge is 2.33. The Morgan fingerprint density at radius 1 is 1.22 bits per heavy atom. The summed E-state index contributed by atoms with van der Waals surface area (Å²) in [6.07, 6.45) is 2.58. The average molecular weight is 356 g/mol. The third-order valence-corrected chi connectivity index (χ3v) is 4.37. The Morgan fingerprint density at radius 2 is 1.94 bits per heavy atom. The molecule has 5 heteroatoms. The normalized spacial score (nSPS) is 20.0. The van der Waals surface area contributed by atoms with Crippen molar-refractivity contribution >= 4 is 34.4 Å². The summed E-state index contributed by atoms with van der Waals surface area (Å²) < 4.78 is 2.26. The molecule has 1 saturated carbocycles. The molecule has 0 amide bonds. The molecular weight excluding hydrogens is 339 g/mol. The highest BCUT2D eigenvalue weighted by molar-refractivity contribution is 14.1. The number of anilines is 1. The van der Waals surface area contributed by atoms with Crippen LogP contribution in [0.15, 0.2) is 29.4 Å². The number of hydrogen-bond donors (Lipinski definition) is 1. The molecule has 1 aliphatic heterocycles. The van der Waals surface area contributed by atoms with Crippen molar-refractivity contribution in [2.75, 3.05) is 18.1 Å². The second kappa shape index (κ2) is 5.05. The van der Waals surface area contributed by atoms with Gasteiger partial charge in [0.1, 0.15) is 5.84 Å². The Kier molecular flexibility index (Phi) is 3.43. The minimum Gasteiger partial charge on any atom is -0.326 e. The van der Waals surface area contributed by atoms with E-state index in [4.69, 9.17) is 10.8 Å². The van der Waals surface area contributed by atoms with Crippen LogP contribution in [0, 0.1) is 5.92 Å². The van der Waals surface area contributed by atoms with Gasteiger partial charge in [-0.1, -0.05) is 12.1 Å². The maximum atomic E-state index is 5.62. The first-order valence-electron chi connectivity index (χ1n) is 6.36. The zero-order valence-corrected chi connectivity index (χ0v) is 12.4. The lowest BCUT2D eigenvalue weighted by atomic mass is 10.2. The van der Waals surface area contributed by atoms with Crippen LogP contribution in [0.2, 0.25) is 0 Å². The predicted octanol–water partition coefficient (Wildman–Crippen LogP) is 2.34. The van der Waals surface area contributed by atoms with Crippen LogP contribution in [-0.4, -0.2) is 22.0 Å². The van der Waals surface area contributed by atoms with Gasteiger partial charge >= 0.3 is 0 Å². The molecule has 1 aromatic rings. The number of rotatable bonds is 3. The Balaban J connectivity index is 1.82. The van der Waals surface area contributed by atoms with E-state index in [0.717, 1.165) is 24.3 Å². The molecule has 0 radical (unpaired) electrons. The number of nitrogens with zero attached hydrogens (tertiary/aromatic N) is 3. The molecule has 1 aromatic carbocycles. The van der Waals surface area contributed by atoms with Crippen molar-refractivity contribution in [2.45, 2.75) is 19.4 Å². The second-order valence-electron chi connectivity index (χ2n) is 4.81. The van der Waals surface area contributed by atoms with Crippen molar-refractivity contribution in [2.24, 2.45) is 16.8 Å². The molecule has 2 aliphatic rings. The van der Waals surface area contributed by atoms with Crippen molar-refractivity contribution in [3.05, 3.63) is 29.8 Å². The summed E-state index contributed by atoms with van der Waals surface area (Å²) in [4.78, 5) is 0. The van der Waals surface area contributed by atoms with Crippen molar-refractivity contribution in [3.63, 3.8) is 0 Å². The highest BCUT2D eigenvalue weighted by atomic mass is 127. The number of amidine groups is 1. The smallest absolute Gasteiger partial charge is 0.137 e. The molecule has 2 N–H and O–H groups in total. The van der Waals surface area contributed by atoms with Gasteiger partial charge in [-0.3, -0.25) is 8.12 Å². The fourth-order valence-corrected chi connectivity index (χ4v) is 2.84. The summed E-state index contributed by atoms with van der Waals surface area (Å²) in [5.74, 6) is 1.93. The van der Waals surface area contributed by atoms with Crippen LogP contribution in [0.1, 0.15) is 18.4 Å². The molecule has 0 spiro atoms. The monoisotopic (exact) mass is 356 g/mol.